The van der Waals surface area contributed by atoms with Crippen molar-refractivity contribution in [2.75, 3.05) is 18.9 Å². The molecule has 2 rings (SSSR count). The number of aryl methyl sites for hydroxylation is 1. The fraction of sp³-hybridized carbons (Fsp3) is 0.444. The molecule has 0 saturated heterocycles. The van der Waals surface area contributed by atoms with Gasteiger partial charge < -0.3 is 15.2 Å². The van der Waals surface area contributed by atoms with Crippen LogP contribution >= 0.6 is 35.0 Å². The molecule has 2 aromatic rings. The normalized spacial score (nSPS) is 12.8. The van der Waals surface area contributed by atoms with Gasteiger partial charge in [0.25, 0.3) is 0 Å². The molecule has 0 bridgehead atoms. The fourth-order valence-corrected chi connectivity index (χ4v) is 3.19. The third kappa shape index (κ3) is 7.29. The SMILES string of the molecule is Cc1ccc(Cl)c(OCC(O)CNC(C)(C)CSc2ccc(Cl)nn2)c1. The maximum absolute atomic E-state index is 10.2. The lowest BCUT2D eigenvalue weighted by atomic mass is 10.1. The van der Waals surface area contributed by atoms with E-state index in [2.05, 4.69) is 29.4 Å². The molecule has 0 aliphatic carbocycles. The van der Waals surface area contributed by atoms with Crippen LogP contribution in [0.25, 0.3) is 0 Å². The molecule has 0 spiro atoms. The van der Waals surface area contributed by atoms with Crippen molar-refractivity contribution in [1.29, 1.82) is 0 Å². The summed E-state index contributed by atoms with van der Waals surface area (Å²) < 4.78 is 5.63. The van der Waals surface area contributed by atoms with Crippen LogP contribution in [0.5, 0.6) is 5.75 Å². The van der Waals surface area contributed by atoms with Gasteiger partial charge in [0.1, 0.15) is 23.5 Å². The highest BCUT2D eigenvalue weighted by Crippen LogP contribution is 2.25. The van der Waals surface area contributed by atoms with Gasteiger partial charge in [-0.05, 0) is 50.6 Å². The summed E-state index contributed by atoms with van der Waals surface area (Å²) in [5.41, 5.74) is 0.856. The molecule has 0 fully saturated rings. The van der Waals surface area contributed by atoms with Gasteiger partial charge in [-0.25, -0.2) is 0 Å². The van der Waals surface area contributed by atoms with E-state index in [0.717, 1.165) is 16.3 Å². The van der Waals surface area contributed by atoms with Gasteiger partial charge in [0, 0.05) is 17.8 Å². The summed E-state index contributed by atoms with van der Waals surface area (Å²) in [7, 11) is 0. The molecular formula is C18H23Cl2N3O2S. The smallest absolute Gasteiger partial charge is 0.151 e. The zero-order valence-electron chi connectivity index (χ0n) is 15.0. The average molecular weight is 416 g/mol. The van der Waals surface area contributed by atoms with Crippen molar-refractivity contribution in [3.05, 3.63) is 46.1 Å². The molecule has 142 valence electrons. The van der Waals surface area contributed by atoms with E-state index in [1.54, 1.807) is 23.9 Å². The molecule has 0 radical (unpaired) electrons. The number of rotatable bonds is 9. The molecule has 1 atom stereocenters. The number of thioether (sulfide) groups is 1. The Balaban J connectivity index is 1.75. The van der Waals surface area contributed by atoms with Gasteiger partial charge in [-0.2, -0.15) is 0 Å². The summed E-state index contributed by atoms with van der Waals surface area (Å²) in [4.78, 5) is 0. The minimum Gasteiger partial charge on any atom is -0.489 e. The number of benzene rings is 1. The number of aromatic nitrogens is 2. The van der Waals surface area contributed by atoms with Crippen molar-refractivity contribution in [1.82, 2.24) is 15.5 Å². The number of ether oxygens (including phenoxy) is 1. The third-order valence-electron chi connectivity index (χ3n) is 3.52. The first-order valence-corrected chi connectivity index (χ1v) is 9.93. The van der Waals surface area contributed by atoms with Crippen LogP contribution < -0.4 is 10.1 Å². The molecule has 1 unspecified atom stereocenters. The predicted molar refractivity (Wildman–Crippen MR) is 108 cm³/mol. The van der Waals surface area contributed by atoms with Gasteiger partial charge in [0.2, 0.25) is 0 Å². The quantitative estimate of drug-likeness (QED) is 0.603. The molecule has 1 aromatic carbocycles. The second-order valence-corrected chi connectivity index (χ2v) is 8.44. The molecule has 5 nitrogen and oxygen atoms in total. The lowest BCUT2D eigenvalue weighted by molar-refractivity contribution is 0.100. The van der Waals surface area contributed by atoms with Gasteiger partial charge in [-0.1, -0.05) is 29.3 Å². The Labute approximate surface area is 168 Å². The number of nitrogens with zero attached hydrogens (tertiary/aromatic N) is 2. The van der Waals surface area contributed by atoms with Gasteiger partial charge in [-0.15, -0.1) is 22.0 Å². The van der Waals surface area contributed by atoms with Crippen molar-refractivity contribution < 1.29 is 9.84 Å². The Morgan fingerprint density at radius 3 is 2.69 bits per heavy atom. The van der Waals surface area contributed by atoms with E-state index in [1.165, 1.54) is 0 Å². The monoisotopic (exact) mass is 415 g/mol. The van der Waals surface area contributed by atoms with Gasteiger partial charge in [0.15, 0.2) is 5.15 Å². The highest BCUT2D eigenvalue weighted by atomic mass is 35.5. The molecule has 0 saturated carbocycles. The molecule has 0 aliphatic rings. The predicted octanol–water partition coefficient (Wildman–Crippen LogP) is 3.99. The zero-order valence-corrected chi connectivity index (χ0v) is 17.3. The maximum atomic E-state index is 10.2. The highest BCUT2D eigenvalue weighted by molar-refractivity contribution is 7.99. The van der Waals surface area contributed by atoms with E-state index in [9.17, 15) is 5.11 Å². The Bertz CT molecular complexity index is 714. The number of nitrogens with one attached hydrogen (secondary N) is 1. The first-order chi connectivity index (χ1) is 12.2. The summed E-state index contributed by atoms with van der Waals surface area (Å²) in [6, 6.07) is 9.12. The number of hydrogen-bond donors (Lipinski definition) is 2. The lowest BCUT2D eigenvalue weighted by Crippen LogP contribution is -2.46. The van der Waals surface area contributed by atoms with Crippen molar-refractivity contribution in [3.8, 4) is 5.75 Å². The van der Waals surface area contributed by atoms with Crippen LogP contribution in [0.1, 0.15) is 19.4 Å². The van der Waals surface area contributed by atoms with E-state index in [0.29, 0.717) is 22.5 Å². The zero-order chi connectivity index (χ0) is 19.2. The number of aliphatic hydroxyl groups is 1. The van der Waals surface area contributed by atoms with E-state index >= 15 is 0 Å². The largest absolute Gasteiger partial charge is 0.489 e. The second-order valence-electron chi connectivity index (χ2n) is 6.65. The van der Waals surface area contributed by atoms with Crippen LogP contribution in [0.4, 0.5) is 0 Å². The Kier molecular flexibility index (Phi) is 7.98. The summed E-state index contributed by atoms with van der Waals surface area (Å²) in [5, 5.41) is 23.1. The van der Waals surface area contributed by atoms with Crippen LogP contribution in [0, 0.1) is 6.92 Å². The molecule has 1 heterocycles. The number of hydrogen-bond acceptors (Lipinski definition) is 6. The summed E-state index contributed by atoms with van der Waals surface area (Å²) in [5.74, 6) is 1.35. The van der Waals surface area contributed by atoms with E-state index < -0.39 is 6.10 Å². The molecule has 26 heavy (non-hydrogen) atoms. The van der Waals surface area contributed by atoms with Crippen molar-refractivity contribution in [2.24, 2.45) is 0 Å². The van der Waals surface area contributed by atoms with Crippen LogP contribution in [-0.4, -0.2) is 45.9 Å². The molecule has 8 heteroatoms. The fourth-order valence-electron chi connectivity index (χ4n) is 2.05. The summed E-state index contributed by atoms with van der Waals surface area (Å²) in [6.45, 7) is 6.67. The number of β-amino-alcohol motifs (C(OH)–C–C–N with tert-alkyl or cyclic N) is 1. The first kappa shape index (κ1) is 21.3. The summed E-state index contributed by atoms with van der Waals surface area (Å²) >= 11 is 13.4. The second kappa shape index (κ2) is 9.76. The number of aliphatic hydroxyl groups excluding tert-OH is 1. The standard InChI is InChI=1S/C18H23Cl2N3O2S/c1-12-4-5-14(19)15(8-12)25-10-13(24)9-21-18(2,3)11-26-17-7-6-16(20)22-23-17/h4-8,13,21,24H,9-11H2,1-3H3. The maximum Gasteiger partial charge on any atom is 0.151 e. The van der Waals surface area contributed by atoms with Crippen LogP contribution in [0.2, 0.25) is 10.2 Å². The minimum absolute atomic E-state index is 0.169. The molecule has 2 N–H and O–H groups in total. The Morgan fingerprint density at radius 2 is 2.00 bits per heavy atom. The van der Waals surface area contributed by atoms with Crippen LogP contribution in [0.3, 0.4) is 0 Å². The van der Waals surface area contributed by atoms with Gasteiger partial charge >= 0.3 is 0 Å². The lowest BCUT2D eigenvalue weighted by Gasteiger charge is -2.27. The minimum atomic E-state index is -0.647. The summed E-state index contributed by atoms with van der Waals surface area (Å²) in [6.07, 6.45) is -0.647. The van der Waals surface area contributed by atoms with E-state index in [-0.39, 0.29) is 12.1 Å². The third-order valence-corrected chi connectivity index (χ3v) is 5.42. The van der Waals surface area contributed by atoms with Crippen LogP contribution in [0.15, 0.2) is 35.4 Å². The van der Waals surface area contributed by atoms with Crippen molar-refractivity contribution >= 4 is 35.0 Å². The van der Waals surface area contributed by atoms with Crippen molar-refractivity contribution in [2.45, 2.75) is 37.4 Å². The Hall–Kier alpha value is -1.05. The molecule has 0 amide bonds. The first-order valence-electron chi connectivity index (χ1n) is 8.19. The highest BCUT2D eigenvalue weighted by Gasteiger charge is 2.20. The topological polar surface area (TPSA) is 67.3 Å². The van der Waals surface area contributed by atoms with Gasteiger partial charge in [0.05, 0.1) is 5.02 Å². The molecule has 1 aromatic heterocycles. The van der Waals surface area contributed by atoms with Crippen LogP contribution in [-0.2, 0) is 0 Å². The Morgan fingerprint density at radius 1 is 1.23 bits per heavy atom. The average Bonchev–Trinajstić information content (AvgIpc) is 2.60. The molecular weight excluding hydrogens is 393 g/mol. The number of halogens is 2. The van der Waals surface area contributed by atoms with Crippen molar-refractivity contribution in [3.63, 3.8) is 0 Å². The molecule has 0 aliphatic heterocycles. The van der Waals surface area contributed by atoms with Gasteiger partial charge in [-0.3, -0.25) is 0 Å². The van der Waals surface area contributed by atoms with E-state index in [4.69, 9.17) is 27.9 Å². The van der Waals surface area contributed by atoms with E-state index in [1.807, 2.05) is 25.1 Å².